The highest BCUT2D eigenvalue weighted by Crippen LogP contribution is 2.13. The molecule has 0 spiro atoms. The number of nitrogens with one attached hydrogen (secondary N) is 1. The molecule has 0 radical (unpaired) electrons. The number of hydrogen-bond acceptors (Lipinski definition) is 4. The minimum absolute atomic E-state index is 0.748. The number of methoxy groups -OCH3 is 1. The van der Waals surface area contributed by atoms with Crippen LogP contribution in [0.5, 0.6) is 0 Å². The molecule has 0 fully saturated rings. The van der Waals surface area contributed by atoms with Crippen molar-refractivity contribution in [1.82, 2.24) is 5.32 Å². The summed E-state index contributed by atoms with van der Waals surface area (Å²) in [6.45, 7) is 6.99. The molecule has 0 unspecified atom stereocenters. The van der Waals surface area contributed by atoms with E-state index >= 15 is 0 Å². The van der Waals surface area contributed by atoms with Gasteiger partial charge >= 0.3 is 0 Å². The number of ether oxygens (including phenoxy) is 2. The third-order valence-corrected chi connectivity index (χ3v) is 2.96. The van der Waals surface area contributed by atoms with Gasteiger partial charge in [-0.25, -0.2) is 0 Å². The van der Waals surface area contributed by atoms with E-state index in [1.807, 2.05) is 6.92 Å². The van der Waals surface area contributed by atoms with Gasteiger partial charge in [0.05, 0.1) is 13.2 Å². The molecule has 0 heterocycles. The molecular formula is C15H26N2O2. The third kappa shape index (κ3) is 6.57. The lowest BCUT2D eigenvalue weighted by Crippen LogP contribution is -2.22. The maximum absolute atomic E-state index is 5.36. The van der Waals surface area contributed by atoms with Gasteiger partial charge < -0.3 is 19.7 Å². The van der Waals surface area contributed by atoms with Gasteiger partial charge in [-0.3, -0.25) is 0 Å². The van der Waals surface area contributed by atoms with Crippen LogP contribution in [-0.4, -0.2) is 47.1 Å². The minimum atomic E-state index is 0.748. The van der Waals surface area contributed by atoms with Gasteiger partial charge in [0.15, 0.2) is 0 Å². The van der Waals surface area contributed by atoms with Gasteiger partial charge in [0, 0.05) is 46.1 Å². The summed E-state index contributed by atoms with van der Waals surface area (Å²) < 4.78 is 10.4. The molecule has 0 saturated carbocycles. The van der Waals surface area contributed by atoms with Crippen LogP contribution in [-0.2, 0) is 16.0 Å². The smallest absolute Gasteiger partial charge is 0.0641 e. The number of hydrogen-bond donors (Lipinski definition) is 1. The molecule has 0 atom stereocenters. The van der Waals surface area contributed by atoms with Gasteiger partial charge in [-0.05, 0) is 24.6 Å². The molecule has 0 saturated heterocycles. The fraction of sp³-hybridized carbons (Fsp3) is 0.600. The molecule has 1 N–H and O–H groups in total. The van der Waals surface area contributed by atoms with E-state index in [9.17, 15) is 0 Å². The Morgan fingerprint density at radius 3 is 2.53 bits per heavy atom. The topological polar surface area (TPSA) is 33.7 Å². The van der Waals surface area contributed by atoms with E-state index in [4.69, 9.17) is 9.47 Å². The van der Waals surface area contributed by atoms with Crippen molar-refractivity contribution in [3.05, 3.63) is 29.8 Å². The summed E-state index contributed by atoms with van der Waals surface area (Å²) in [6.07, 6.45) is 0. The molecule has 1 aromatic rings. The SMILES string of the molecule is CCOCCN(C)c1ccc(CNCCOC)cc1. The van der Waals surface area contributed by atoms with E-state index < -0.39 is 0 Å². The zero-order valence-electron chi connectivity index (χ0n) is 12.3. The van der Waals surface area contributed by atoms with Crippen LogP contribution in [0.25, 0.3) is 0 Å². The molecule has 0 aliphatic heterocycles. The van der Waals surface area contributed by atoms with Crippen LogP contribution < -0.4 is 10.2 Å². The summed E-state index contributed by atoms with van der Waals surface area (Å²) in [5.41, 5.74) is 2.51. The summed E-state index contributed by atoms with van der Waals surface area (Å²) in [7, 11) is 3.80. The molecule has 0 aliphatic carbocycles. The second-order valence-electron chi connectivity index (χ2n) is 4.45. The average molecular weight is 266 g/mol. The van der Waals surface area contributed by atoms with Gasteiger partial charge in [-0.1, -0.05) is 12.1 Å². The Morgan fingerprint density at radius 1 is 1.16 bits per heavy atom. The van der Waals surface area contributed by atoms with Crippen molar-refractivity contribution in [3.8, 4) is 0 Å². The summed E-state index contributed by atoms with van der Waals surface area (Å²) in [4.78, 5) is 2.21. The molecule has 0 aromatic heterocycles. The standard InChI is InChI=1S/C15H26N2O2/c1-4-19-12-10-17(2)15-7-5-14(6-8-15)13-16-9-11-18-3/h5-8,16H,4,9-13H2,1-3H3. The monoisotopic (exact) mass is 266 g/mol. The van der Waals surface area contributed by atoms with Crippen molar-refractivity contribution in [2.45, 2.75) is 13.5 Å². The first-order chi connectivity index (χ1) is 9.27. The molecule has 4 nitrogen and oxygen atoms in total. The zero-order valence-corrected chi connectivity index (χ0v) is 12.3. The van der Waals surface area contributed by atoms with Gasteiger partial charge in [0.25, 0.3) is 0 Å². The zero-order chi connectivity index (χ0) is 13.9. The van der Waals surface area contributed by atoms with Crippen molar-refractivity contribution < 1.29 is 9.47 Å². The molecular weight excluding hydrogens is 240 g/mol. The number of rotatable bonds is 10. The summed E-state index contributed by atoms with van der Waals surface area (Å²) in [6, 6.07) is 8.62. The van der Waals surface area contributed by atoms with Crippen LogP contribution in [0.4, 0.5) is 5.69 Å². The fourth-order valence-electron chi connectivity index (χ4n) is 1.75. The van der Waals surface area contributed by atoms with Gasteiger partial charge in [0.2, 0.25) is 0 Å². The Kier molecular flexibility index (Phi) is 8.21. The lowest BCUT2D eigenvalue weighted by atomic mass is 10.2. The first-order valence-corrected chi connectivity index (χ1v) is 6.85. The van der Waals surface area contributed by atoms with E-state index in [1.54, 1.807) is 7.11 Å². The second kappa shape index (κ2) is 9.78. The molecule has 0 aliphatic rings. The third-order valence-electron chi connectivity index (χ3n) is 2.96. The van der Waals surface area contributed by atoms with Crippen molar-refractivity contribution in [2.24, 2.45) is 0 Å². The van der Waals surface area contributed by atoms with Crippen LogP contribution >= 0.6 is 0 Å². The molecule has 0 amide bonds. The van der Waals surface area contributed by atoms with Crippen molar-refractivity contribution in [2.75, 3.05) is 52.0 Å². The quantitative estimate of drug-likeness (QED) is 0.656. The Labute approximate surface area is 116 Å². The molecule has 1 aromatic carbocycles. The summed E-state index contributed by atoms with van der Waals surface area (Å²) in [5.74, 6) is 0. The van der Waals surface area contributed by atoms with E-state index in [0.717, 1.165) is 39.5 Å². The van der Waals surface area contributed by atoms with E-state index in [0.29, 0.717) is 0 Å². The first kappa shape index (κ1) is 16.0. The van der Waals surface area contributed by atoms with Crippen LogP contribution in [0.2, 0.25) is 0 Å². The highest BCUT2D eigenvalue weighted by Gasteiger charge is 2.00. The highest BCUT2D eigenvalue weighted by atomic mass is 16.5. The van der Waals surface area contributed by atoms with Crippen molar-refractivity contribution in [3.63, 3.8) is 0 Å². The van der Waals surface area contributed by atoms with E-state index in [1.165, 1.54) is 11.3 Å². The number of nitrogens with zero attached hydrogens (tertiary/aromatic N) is 1. The predicted octanol–water partition coefficient (Wildman–Crippen LogP) is 1.90. The van der Waals surface area contributed by atoms with Gasteiger partial charge in [0.1, 0.15) is 0 Å². The molecule has 1 rings (SSSR count). The molecule has 19 heavy (non-hydrogen) atoms. The second-order valence-corrected chi connectivity index (χ2v) is 4.45. The first-order valence-electron chi connectivity index (χ1n) is 6.85. The lowest BCUT2D eigenvalue weighted by Gasteiger charge is -2.19. The summed E-state index contributed by atoms with van der Waals surface area (Å²) in [5, 5.41) is 3.33. The predicted molar refractivity (Wildman–Crippen MR) is 79.8 cm³/mol. The maximum Gasteiger partial charge on any atom is 0.0641 e. The van der Waals surface area contributed by atoms with Crippen molar-refractivity contribution in [1.29, 1.82) is 0 Å². The molecule has 108 valence electrons. The van der Waals surface area contributed by atoms with E-state index in [2.05, 4.69) is 41.5 Å². The fourth-order valence-corrected chi connectivity index (χ4v) is 1.75. The van der Waals surface area contributed by atoms with Crippen LogP contribution in [0.1, 0.15) is 12.5 Å². The van der Waals surface area contributed by atoms with Crippen LogP contribution in [0.3, 0.4) is 0 Å². The highest BCUT2D eigenvalue weighted by molar-refractivity contribution is 5.46. The van der Waals surface area contributed by atoms with Crippen LogP contribution in [0.15, 0.2) is 24.3 Å². The normalized spacial score (nSPS) is 10.7. The largest absolute Gasteiger partial charge is 0.383 e. The average Bonchev–Trinajstić information content (AvgIpc) is 2.44. The van der Waals surface area contributed by atoms with Crippen LogP contribution in [0, 0.1) is 0 Å². The minimum Gasteiger partial charge on any atom is -0.383 e. The Hall–Kier alpha value is -1.10. The maximum atomic E-state index is 5.36. The van der Waals surface area contributed by atoms with Crippen molar-refractivity contribution >= 4 is 5.69 Å². The Balaban J connectivity index is 2.33. The van der Waals surface area contributed by atoms with Gasteiger partial charge in [-0.2, -0.15) is 0 Å². The Morgan fingerprint density at radius 2 is 1.89 bits per heavy atom. The number of benzene rings is 1. The number of anilines is 1. The van der Waals surface area contributed by atoms with E-state index in [-0.39, 0.29) is 0 Å². The summed E-state index contributed by atoms with van der Waals surface area (Å²) >= 11 is 0. The molecule has 0 bridgehead atoms. The lowest BCUT2D eigenvalue weighted by molar-refractivity contribution is 0.154. The molecule has 4 heteroatoms. The Bertz CT molecular complexity index is 327. The number of likely N-dealkylation sites (N-methyl/N-ethyl adjacent to an activating group) is 1. The van der Waals surface area contributed by atoms with Gasteiger partial charge in [-0.15, -0.1) is 0 Å².